The number of pyridine rings is 1. The molecule has 0 amide bonds. The van der Waals surface area contributed by atoms with Crippen LogP contribution in [0.25, 0.3) is 17.0 Å². The van der Waals surface area contributed by atoms with Crippen molar-refractivity contribution >= 4 is 5.65 Å². The number of aromatic nitrogens is 5. The highest BCUT2D eigenvalue weighted by Crippen LogP contribution is 2.29. The Labute approximate surface area is 162 Å². The fourth-order valence-corrected chi connectivity index (χ4v) is 2.74. The zero-order chi connectivity index (χ0) is 20.4. The molecule has 1 atom stereocenters. The molecule has 0 bridgehead atoms. The van der Waals surface area contributed by atoms with Crippen LogP contribution >= 0.6 is 0 Å². The first-order chi connectivity index (χ1) is 13.9. The van der Waals surface area contributed by atoms with Crippen molar-refractivity contribution in [3.63, 3.8) is 0 Å². The van der Waals surface area contributed by atoms with Gasteiger partial charge in [-0.3, -0.25) is 9.97 Å². The molecule has 1 N–H and O–H groups in total. The molecule has 4 rings (SSSR count). The molecule has 0 spiro atoms. The van der Waals surface area contributed by atoms with E-state index < -0.39 is 18.0 Å². The van der Waals surface area contributed by atoms with Gasteiger partial charge in [-0.25, -0.2) is 4.40 Å². The molecule has 0 aliphatic rings. The van der Waals surface area contributed by atoms with Gasteiger partial charge in [0.05, 0.1) is 12.4 Å². The first kappa shape index (κ1) is 18.8. The van der Waals surface area contributed by atoms with Gasteiger partial charge in [0.25, 0.3) is 0 Å². The third kappa shape index (κ3) is 3.87. The number of fused-ring (bicyclic) bond motifs is 1. The van der Waals surface area contributed by atoms with E-state index in [9.17, 15) is 18.3 Å². The van der Waals surface area contributed by atoms with Crippen LogP contribution in [0.5, 0.6) is 5.88 Å². The molecular weight excluding hydrogens is 387 g/mol. The van der Waals surface area contributed by atoms with Crippen LogP contribution in [0.4, 0.5) is 13.2 Å². The van der Waals surface area contributed by atoms with Crippen molar-refractivity contribution in [3.05, 3.63) is 72.3 Å². The fraction of sp³-hybridized carbons (Fsp3) is 0.158. The van der Waals surface area contributed by atoms with E-state index in [0.717, 1.165) is 12.3 Å². The summed E-state index contributed by atoms with van der Waals surface area (Å²) in [5.41, 5.74) is 0.347. The van der Waals surface area contributed by atoms with Crippen LogP contribution in [-0.2, 0) is 6.18 Å². The van der Waals surface area contributed by atoms with Crippen LogP contribution in [0, 0.1) is 0 Å². The maximum atomic E-state index is 12.7. The Balaban J connectivity index is 1.64. The largest absolute Gasteiger partial charge is 0.474 e. The normalized spacial score (nSPS) is 12.8. The van der Waals surface area contributed by atoms with E-state index in [0.29, 0.717) is 16.8 Å². The van der Waals surface area contributed by atoms with E-state index in [1.165, 1.54) is 22.9 Å². The summed E-state index contributed by atoms with van der Waals surface area (Å²) in [6, 6.07) is 11.1. The first-order valence-corrected chi connectivity index (χ1v) is 8.52. The predicted octanol–water partition coefficient (Wildman–Crippen LogP) is 3.32. The summed E-state index contributed by atoms with van der Waals surface area (Å²) in [4.78, 5) is 7.48. The van der Waals surface area contributed by atoms with Crippen molar-refractivity contribution in [2.24, 2.45) is 0 Å². The Morgan fingerprint density at radius 2 is 1.79 bits per heavy atom. The molecule has 0 radical (unpaired) electrons. The standard InChI is InChI=1S/C19H14F3N5O2/c20-19(21,22)15-7-6-13(8-24-15)18-26-25-16-9-23-10-17(27(16)18)29-11-14(28)12-4-2-1-3-5-12/h1-10,14,28H,11H2. The summed E-state index contributed by atoms with van der Waals surface area (Å²) >= 11 is 0. The fourth-order valence-electron chi connectivity index (χ4n) is 2.74. The van der Waals surface area contributed by atoms with Gasteiger partial charge in [0.15, 0.2) is 11.5 Å². The Hall–Kier alpha value is -3.53. The predicted molar refractivity (Wildman–Crippen MR) is 95.9 cm³/mol. The van der Waals surface area contributed by atoms with Gasteiger partial charge in [0, 0.05) is 11.8 Å². The summed E-state index contributed by atoms with van der Waals surface area (Å²) in [7, 11) is 0. The summed E-state index contributed by atoms with van der Waals surface area (Å²) in [5.74, 6) is 0.477. The molecule has 1 unspecified atom stereocenters. The van der Waals surface area contributed by atoms with Gasteiger partial charge < -0.3 is 9.84 Å². The Morgan fingerprint density at radius 3 is 2.48 bits per heavy atom. The second kappa shape index (κ2) is 7.47. The molecule has 29 heavy (non-hydrogen) atoms. The number of hydrogen-bond acceptors (Lipinski definition) is 6. The van der Waals surface area contributed by atoms with Gasteiger partial charge in [-0.05, 0) is 17.7 Å². The van der Waals surface area contributed by atoms with Crippen molar-refractivity contribution in [1.29, 1.82) is 0 Å². The molecule has 1 aromatic carbocycles. The van der Waals surface area contributed by atoms with Gasteiger partial charge in [0.1, 0.15) is 18.4 Å². The average molecular weight is 401 g/mol. The number of halogens is 3. The van der Waals surface area contributed by atoms with Gasteiger partial charge in [-0.1, -0.05) is 30.3 Å². The average Bonchev–Trinajstić information content (AvgIpc) is 3.17. The zero-order valence-electron chi connectivity index (χ0n) is 14.8. The van der Waals surface area contributed by atoms with E-state index in [1.54, 1.807) is 24.3 Å². The Kier molecular flexibility index (Phi) is 4.85. The highest BCUT2D eigenvalue weighted by Gasteiger charge is 2.32. The number of benzene rings is 1. The van der Waals surface area contributed by atoms with Crippen LogP contribution in [-0.4, -0.2) is 36.3 Å². The highest BCUT2D eigenvalue weighted by atomic mass is 19.4. The topological polar surface area (TPSA) is 85.4 Å². The lowest BCUT2D eigenvalue weighted by Crippen LogP contribution is -2.12. The third-order valence-electron chi connectivity index (χ3n) is 4.17. The molecule has 0 fully saturated rings. The third-order valence-corrected chi connectivity index (χ3v) is 4.17. The first-order valence-electron chi connectivity index (χ1n) is 8.52. The quantitative estimate of drug-likeness (QED) is 0.552. The van der Waals surface area contributed by atoms with Crippen LogP contribution in [0.15, 0.2) is 61.1 Å². The molecule has 148 valence electrons. The molecular formula is C19H14F3N5O2. The highest BCUT2D eigenvalue weighted by molar-refractivity contribution is 5.59. The number of aliphatic hydroxyl groups is 1. The lowest BCUT2D eigenvalue weighted by Gasteiger charge is -2.14. The van der Waals surface area contributed by atoms with Crippen molar-refractivity contribution < 1.29 is 23.0 Å². The summed E-state index contributed by atoms with van der Waals surface area (Å²) in [6.45, 7) is -0.0618. The summed E-state index contributed by atoms with van der Waals surface area (Å²) < 4.78 is 45.4. The lowest BCUT2D eigenvalue weighted by molar-refractivity contribution is -0.141. The summed E-state index contributed by atoms with van der Waals surface area (Å²) in [5, 5.41) is 18.3. The molecule has 4 aromatic rings. The van der Waals surface area contributed by atoms with E-state index >= 15 is 0 Å². The number of ether oxygens (including phenoxy) is 1. The maximum absolute atomic E-state index is 12.7. The van der Waals surface area contributed by atoms with Crippen molar-refractivity contribution in [2.75, 3.05) is 6.61 Å². The molecule has 0 aliphatic carbocycles. The molecule has 0 saturated carbocycles. The Bertz CT molecular complexity index is 1110. The van der Waals surface area contributed by atoms with Gasteiger partial charge in [0.2, 0.25) is 5.88 Å². The van der Waals surface area contributed by atoms with E-state index in [-0.39, 0.29) is 18.3 Å². The minimum Gasteiger partial charge on any atom is -0.474 e. The van der Waals surface area contributed by atoms with Gasteiger partial charge in [-0.15, -0.1) is 10.2 Å². The van der Waals surface area contributed by atoms with Crippen LogP contribution in [0.3, 0.4) is 0 Å². The number of hydrogen-bond donors (Lipinski definition) is 1. The molecule has 0 saturated heterocycles. The lowest BCUT2D eigenvalue weighted by atomic mass is 10.1. The molecule has 0 aliphatic heterocycles. The second-order valence-corrected chi connectivity index (χ2v) is 6.13. The van der Waals surface area contributed by atoms with Gasteiger partial charge in [-0.2, -0.15) is 13.2 Å². The number of nitrogens with zero attached hydrogens (tertiary/aromatic N) is 5. The van der Waals surface area contributed by atoms with E-state index in [2.05, 4.69) is 20.2 Å². The minimum atomic E-state index is -4.53. The number of rotatable bonds is 5. The zero-order valence-corrected chi connectivity index (χ0v) is 14.8. The van der Waals surface area contributed by atoms with Crippen molar-refractivity contribution in [1.82, 2.24) is 24.6 Å². The summed E-state index contributed by atoms with van der Waals surface area (Å²) in [6.07, 6.45) is -1.48. The van der Waals surface area contributed by atoms with Crippen molar-refractivity contribution in [2.45, 2.75) is 12.3 Å². The molecule has 10 heteroatoms. The SMILES string of the molecule is OC(COc1cncc2nnc(-c3ccc(C(F)(F)F)nc3)n12)c1ccccc1. The molecule has 3 aromatic heterocycles. The maximum Gasteiger partial charge on any atom is 0.433 e. The minimum absolute atomic E-state index is 0.0618. The monoisotopic (exact) mass is 401 g/mol. The van der Waals surface area contributed by atoms with Crippen LogP contribution in [0.2, 0.25) is 0 Å². The second-order valence-electron chi connectivity index (χ2n) is 6.13. The number of aliphatic hydroxyl groups excluding tert-OH is 1. The van der Waals surface area contributed by atoms with Crippen LogP contribution in [0.1, 0.15) is 17.4 Å². The van der Waals surface area contributed by atoms with Gasteiger partial charge >= 0.3 is 6.18 Å². The smallest absolute Gasteiger partial charge is 0.433 e. The van der Waals surface area contributed by atoms with E-state index in [1.807, 2.05) is 6.07 Å². The molecule has 3 heterocycles. The van der Waals surface area contributed by atoms with Crippen LogP contribution < -0.4 is 4.74 Å². The Morgan fingerprint density at radius 1 is 1.00 bits per heavy atom. The van der Waals surface area contributed by atoms with Crippen molar-refractivity contribution in [3.8, 4) is 17.3 Å². The molecule has 7 nitrogen and oxygen atoms in total. The van der Waals surface area contributed by atoms with E-state index in [4.69, 9.17) is 4.74 Å². The number of alkyl halides is 3.